The van der Waals surface area contributed by atoms with Crippen LogP contribution in [-0.2, 0) is 9.47 Å². The number of hydrogen-bond acceptors (Lipinski definition) is 2. The van der Waals surface area contributed by atoms with Crippen molar-refractivity contribution < 1.29 is 9.47 Å². The maximum atomic E-state index is 5.78. The summed E-state index contributed by atoms with van der Waals surface area (Å²) in [4.78, 5) is 0. The highest BCUT2D eigenvalue weighted by Gasteiger charge is 2.27. The molecular weight excluding hydrogens is 284 g/mol. The van der Waals surface area contributed by atoms with Gasteiger partial charge >= 0.3 is 0 Å². The van der Waals surface area contributed by atoms with E-state index < -0.39 is 0 Å². The van der Waals surface area contributed by atoms with Gasteiger partial charge in [0.15, 0.2) is 6.29 Å². The average molecular weight is 327 g/mol. The molecule has 1 aliphatic heterocycles. The predicted octanol–water partition coefficient (Wildman–Crippen LogP) is 6.87. The van der Waals surface area contributed by atoms with Crippen LogP contribution in [0, 0.1) is 5.41 Å². The Hall–Kier alpha value is -0.0800. The topological polar surface area (TPSA) is 18.5 Å². The van der Waals surface area contributed by atoms with Crippen LogP contribution in [0.4, 0.5) is 0 Å². The zero-order chi connectivity index (χ0) is 16.8. The second kappa shape index (κ2) is 13.2. The number of unbranched alkanes of at least 4 members (excludes halogenated alkanes) is 12. The third kappa shape index (κ3) is 12.0. The lowest BCUT2D eigenvalue weighted by Gasteiger charge is -2.34. The molecule has 0 aromatic rings. The minimum atomic E-state index is 0.0655. The molecule has 138 valence electrons. The summed E-state index contributed by atoms with van der Waals surface area (Å²) in [7, 11) is 0. The Balaban J connectivity index is 1.75. The molecule has 1 aliphatic rings. The van der Waals surface area contributed by atoms with Crippen LogP contribution >= 0.6 is 0 Å². The standard InChI is InChI=1S/C21H42O2/c1-4-5-6-7-8-9-10-11-12-13-14-15-16-17-20-22-18-21(2,3)19-23-20/h20H,4-19H2,1-3H3. The molecule has 0 unspecified atom stereocenters. The second-order valence-corrected chi connectivity index (χ2v) is 8.25. The first-order chi connectivity index (χ1) is 11.1. The number of hydrogen-bond donors (Lipinski definition) is 0. The van der Waals surface area contributed by atoms with E-state index in [2.05, 4.69) is 20.8 Å². The molecule has 0 spiro atoms. The van der Waals surface area contributed by atoms with E-state index in [-0.39, 0.29) is 11.7 Å². The van der Waals surface area contributed by atoms with Crippen molar-refractivity contribution in [3.8, 4) is 0 Å². The van der Waals surface area contributed by atoms with Crippen molar-refractivity contribution in [2.24, 2.45) is 5.41 Å². The Labute approximate surface area is 145 Å². The molecule has 0 atom stereocenters. The van der Waals surface area contributed by atoms with Gasteiger partial charge in [-0.1, -0.05) is 97.8 Å². The fraction of sp³-hybridized carbons (Fsp3) is 1.00. The van der Waals surface area contributed by atoms with E-state index in [0.717, 1.165) is 19.6 Å². The average Bonchev–Trinajstić information content (AvgIpc) is 2.53. The largest absolute Gasteiger partial charge is 0.352 e. The SMILES string of the molecule is CCCCCCCCCCCCCCCC1OCC(C)(C)CO1. The molecule has 0 aliphatic carbocycles. The highest BCUT2D eigenvalue weighted by Crippen LogP contribution is 2.25. The Morgan fingerprint density at radius 3 is 1.48 bits per heavy atom. The van der Waals surface area contributed by atoms with Crippen molar-refractivity contribution in [2.45, 2.75) is 117 Å². The molecule has 2 heteroatoms. The van der Waals surface area contributed by atoms with Gasteiger partial charge in [0.2, 0.25) is 0 Å². The minimum Gasteiger partial charge on any atom is -0.352 e. The summed E-state index contributed by atoms with van der Waals surface area (Å²) in [5.41, 5.74) is 0.201. The summed E-state index contributed by atoms with van der Waals surface area (Å²) in [5.74, 6) is 0. The summed E-state index contributed by atoms with van der Waals surface area (Å²) in [6.07, 6.45) is 19.4. The second-order valence-electron chi connectivity index (χ2n) is 8.25. The fourth-order valence-electron chi connectivity index (χ4n) is 3.22. The number of rotatable bonds is 14. The normalized spacial score (nSPS) is 18.4. The van der Waals surface area contributed by atoms with Crippen LogP contribution in [0.3, 0.4) is 0 Å². The molecule has 0 aromatic heterocycles. The van der Waals surface area contributed by atoms with Gasteiger partial charge in [-0.3, -0.25) is 0 Å². The molecule has 0 N–H and O–H groups in total. The van der Waals surface area contributed by atoms with Crippen molar-refractivity contribution in [2.75, 3.05) is 13.2 Å². The maximum Gasteiger partial charge on any atom is 0.157 e. The van der Waals surface area contributed by atoms with Crippen LogP contribution in [0.15, 0.2) is 0 Å². The first-order valence-electron chi connectivity index (χ1n) is 10.4. The molecule has 0 bridgehead atoms. The van der Waals surface area contributed by atoms with Crippen LogP contribution < -0.4 is 0 Å². The summed E-state index contributed by atoms with van der Waals surface area (Å²) in [6.45, 7) is 8.38. The third-order valence-corrected chi connectivity index (χ3v) is 4.86. The minimum absolute atomic E-state index is 0.0655. The van der Waals surface area contributed by atoms with E-state index in [4.69, 9.17) is 9.47 Å². The van der Waals surface area contributed by atoms with Crippen molar-refractivity contribution in [3.63, 3.8) is 0 Å². The summed E-state index contributed by atoms with van der Waals surface area (Å²) in [5, 5.41) is 0. The van der Waals surface area contributed by atoms with Gasteiger partial charge in [-0.2, -0.15) is 0 Å². The maximum absolute atomic E-state index is 5.78. The molecule has 1 rings (SSSR count). The summed E-state index contributed by atoms with van der Waals surface area (Å²) in [6, 6.07) is 0. The van der Waals surface area contributed by atoms with Crippen LogP contribution in [0.25, 0.3) is 0 Å². The highest BCUT2D eigenvalue weighted by atomic mass is 16.7. The monoisotopic (exact) mass is 326 g/mol. The lowest BCUT2D eigenvalue weighted by atomic mass is 9.95. The van der Waals surface area contributed by atoms with Crippen molar-refractivity contribution >= 4 is 0 Å². The van der Waals surface area contributed by atoms with E-state index in [1.54, 1.807) is 0 Å². The van der Waals surface area contributed by atoms with Crippen molar-refractivity contribution in [1.82, 2.24) is 0 Å². The zero-order valence-electron chi connectivity index (χ0n) is 16.2. The Morgan fingerprint density at radius 2 is 1.04 bits per heavy atom. The van der Waals surface area contributed by atoms with Gasteiger partial charge in [-0.25, -0.2) is 0 Å². The molecule has 0 saturated carbocycles. The quantitative estimate of drug-likeness (QED) is 0.324. The van der Waals surface area contributed by atoms with Crippen LogP contribution in [-0.4, -0.2) is 19.5 Å². The third-order valence-electron chi connectivity index (χ3n) is 4.86. The van der Waals surface area contributed by atoms with Crippen LogP contribution in [0.1, 0.15) is 111 Å². The van der Waals surface area contributed by atoms with Crippen molar-refractivity contribution in [1.29, 1.82) is 0 Å². The van der Waals surface area contributed by atoms with Gasteiger partial charge in [0.1, 0.15) is 0 Å². The first-order valence-corrected chi connectivity index (χ1v) is 10.4. The lowest BCUT2D eigenvalue weighted by Crippen LogP contribution is -2.37. The van der Waals surface area contributed by atoms with E-state index in [1.165, 1.54) is 83.5 Å². The molecule has 1 fully saturated rings. The Bertz CT molecular complexity index is 253. The van der Waals surface area contributed by atoms with Crippen LogP contribution in [0.5, 0.6) is 0 Å². The molecular formula is C21H42O2. The molecule has 0 amide bonds. The molecule has 1 heterocycles. The van der Waals surface area contributed by atoms with Gasteiger partial charge in [-0.05, 0) is 12.8 Å². The molecule has 2 nitrogen and oxygen atoms in total. The fourth-order valence-corrected chi connectivity index (χ4v) is 3.22. The predicted molar refractivity (Wildman–Crippen MR) is 99.8 cm³/mol. The Kier molecular flexibility index (Phi) is 12.1. The van der Waals surface area contributed by atoms with Gasteiger partial charge in [0.05, 0.1) is 13.2 Å². The zero-order valence-corrected chi connectivity index (χ0v) is 16.2. The summed E-state index contributed by atoms with van der Waals surface area (Å²) < 4.78 is 11.6. The van der Waals surface area contributed by atoms with E-state index in [9.17, 15) is 0 Å². The van der Waals surface area contributed by atoms with E-state index in [0.29, 0.717) is 0 Å². The molecule has 0 radical (unpaired) electrons. The van der Waals surface area contributed by atoms with E-state index in [1.807, 2.05) is 0 Å². The smallest absolute Gasteiger partial charge is 0.157 e. The van der Waals surface area contributed by atoms with Crippen LogP contribution in [0.2, 0.25) is 0 Å². The van der Waals surface area contributed by atoms with Gasteiger partial charge in [0.25, 0.3) is 0 Å². The van der Waals surface area contributed by atoms with Gasteiger partial charge in [0, 0.05) is 5.41 Å². The Morgan fingerprint density at radius 1 is 0.652 bits per heavy atom. The highest BCUT2D eigenvalue weighted by molar-refractivity contribution is 4.71. The first kappa shape index (κ1) is 21.0. The van der Waals surface area contributed by atoms with E-state index >= 15 is 0 Å². The van der Waals surface area contributed by atoms with Gasteiger partial charge < -0.3 is 9.47 Å². The molecule has 0 aromatic carbocycles. The molecule has 1 saturated heterocycles. The summed E-state index contributed by atoms with van der Waals surface area (Å²) >= 11 is 0. The van der Waals surface area contributed by atoms with Gasteiger partial charge in [-0.15, -0.1) is 0 Å². The van der Waals surface area contributed by atoms with Crippen molar-refractivity contribution in [3.05, 3.63) is 0 Å². The lowest BCUT2D eigenvalue weighted by molar-refractivity contribution is -0.224. The molecule has 23 heavy (non-hydrogen) atoms. The number of ether oxygens (including phenoxy) is 2.